The van der Waals surface area contributed by atoms with Crippen molar-refractivity contribution in [2.75, 3.05) is 32.8 Å². The van der Waals surface area contributed by atoms with Crippen LogP contribution in [0, 0.1) is 17.1 Å². The first-order valence-corrected chi connectivity index (χ1v) is 13.1. The highest BCUT2D eigenvalue weighted by atomic mass is 19.1. The zero-order chi connectivity index (χ0) is 27.2. The van der Waals surface area contributed by atoms with Crippen molar-refractivity contribution < 1.29 is 23.6 Å². The van der Waals surface area contributed by atoms with Gasteiger partial charge in [0, 0.05) is 31.2 Å². The van der Waals surface area contributed by atoms with E-state index >= 15 is 0 Å². The molecule has 4 atom stereocenters. The minimum atomic E-state index is -0.862. The Morgan fingerprint density at radius 2 is 2.03 bits per heavy atom. The van der Waals surface area contributed by atoms with Crippen LogP contribution < -0.4 is 5.32 Å². The van der Waals surface area contributed by atoms with Gasteiger partial charge in [0.25, 0.3) is 0 Å². The van der Waals surface area contributed by atoms with Crippen LogP contribution in [0.1, 0.15) is 65.5 Å². The molecule has 204 valence electrons. The zero-order valence-electron chi connectivity index (χ0n) is 22.6. The topological polar surface area (TPSA) is 98.1 Å². The molecule has 3 rings (SSSR count). The van der Waals surface area contributed by atoms with Gasteiger partial charge in [-0.3, -0.25) is 14.5 Å². The van der Waals surface area contributed by atoms with Gasteiger partial charge in [-0.2, -0.15) is 10.3 Å². The number of hydrogen-bond donors (Lipinski definition) is 1. The monoisotopic (exact) mass is 517 g/mol. The summed E-state index contributed by atoms with van der Waals surface area (Å²) in [5, 5.41) is 14.0. The van der Waals surface area contributed by atoms with Gasteiger partial charge in [0.05, 0.1) is 18.7 Å². The number of likely N-dealkylation sites (tertiary alicyclic amines) is 1. The predicted molar refractivity (Wildman–Crippen MR) is 137 cm³/mol. The summed E-state index contributed by atoms with van der Waals surface area (Å²) in [5.74, 6) is -0.539. The largest absolute Gasteiger partial charge is 0.444 e. The molecule has 1 aromatic rings. The molecule has 2 aliphatic heterocycles. The smallest absolute Gasteiger partial charge is 0.408 e. The third-order valence-corrected chi connectivity index (χ3v) is 6.92. The van der Waals surface area contributed by atoms with Crippen molar-refractivity contribution in [3.05, 3.63) is 35.6 Å². The second kappa shape index (κ2) is 12.7. The molecule has 0 bridgehead atoms. The Morgan fingerprint density at radius 3 is 2.62 bits per heavy atom. The number of ether oxygens (including phenoxy) is 1. The Kier molecular flexibility index (Phi) is 9.87. The number of carbonyl (C=O) groups excluding carboxylic acids is 2. The average Bonchev–Trinajstić information content (AvgIpc) is 3.34. The molecule has 37 heavy (non-hydrogen) atoms. The highest BCUT2D eigenvalue weighted by Gasteiger charge is 2.37. The molecule has 2 aliphatic rings. The van der Waals surface area contributed by atoms with E-state index in [0.717, 1.165) is 12.8 Å². The number of benzene rings is 1. The first-order valence-electron chi connectivity index (χ1n) is 13.1. The molecular formula is C27H40FN5O4. The fourth-order valence-corrected chi connectivity index (χ4v) is 4.94. The number of nitriles is 1. The van der Waals surface area contributed by atoms with E-state index in [1.165, 1.54) is 6.07 Å². The van der Waals surface area contributed by atoms with Crippen LogP contribution in [0.5, 0.6) is 0 Å². The van der Waals surface area contributed by atoms with Crippen LogP contribution in [0.2, 0.25) is 0 Å². The number of halogens is 1. The van der Waals surface area contributed by atoms with Gasteiger partial charge >= 0.3 is 6.09 Å². The second-order valence-corrected chi connectivity index (χ2v) is 10.7. The molecule has 2 fully saturated rings. The number of alkyl carbamates (subject to hydrolysis) is 1. The molecule has 0 spiro atoms. The zero-order valence-corrected chi connectivity index (χ0v) is 22.6. The molecule has 2 amide bonds. The predicted octanol–water partition coefficient (Wildman–Crippen LogP) is 3.62. The molecule has 1 aromatic carbocycles. The second-order valence-electron chi connectivity index (χ2n) is 10.7. The maximum absolute atomic E-state index is 14.3. The van der Waals surface area contributed by atoms with E-state index in [1.54, 1.807) is 42.9 Å². The minimum absolute atomic E-state index is 0.00940. The van der Waals surface area contributed by atoms with Crippen LogP contribution in [0.25, 0.3) is 0 Å². The van der Waals surface area contributed by atoms with Crippen molar-refractivity contribution >= 4 is 12.0 Å². The van der Waals surface area contributed by atoms with Gasteiger partial charge in [0.15, 0.2) is 0 Å². The van der Waals surface area contributed by atoms with Crippen molar-refractivity contribution in [2.45, 2.75) is 83.6 Å². The molecule has 0 saturated carbocycles. The summed E-state index contributed by atoms with van der Waals surface area (Å²) in [5.41, 5.74) is -0.126. The van der Waals surface area contributed by atoms with Crippen molar-refractivity contribution in [3.8, 4) is 6.07 Å². The van der Waals surface area contributed by atoms with Crippen LogP contribution in [0.15, 0.2) is 24.3 Å². The van der Waals surface area contributed by atoms with E-state index in [0.29, 0.717) is 38.2 Å². The SMILES string of the molecule is CCN(CC(NC(=O)OC(C)(C)C)C(=O)N1CCCC1C#N)C1CCN([C@@H](C)c2ccccc2F)OC1. The van der Waals surface area contributed by atoms with E-state index in [4.69, 9.17) is 9.57 Å². The summed E-state index contributed by atoms with van der Waals surface area (Å²) in [6.45, 7) is 11.6. The third-order valence-electron chi connectivity index (χ3n) is 6.92. The third kappa shape index (κ3) is 7.63. The first-order chi connectivity index (χ1) is 17.5. The number of nitrogens with zero attached hydrogens (tertiary/aromatic N) is 4. The standard InChI is InChI=1S/C27H40FN5O4/c1-6-31(21-13-15-33(36-18-21)19(2)22-11-7-8-12-23(22)28)17-24(30-26(35)37-27(3,4)5)25(34)32-14-9-10-20(32)16-29/h7-8,11-12,19-21,24H,6,9-10,13-15,17-18H2,1-5H3,(H,30,35)/t19-,20?,21?,24?/m0/s1. The Morgan fingerprint density at radius 1 is 1.30 bits per heavy atom. The molecule has 3 unspecified atom stereocenters. The van der Waals surface area contributed by atoms with Gasteiger partial charge in [-0.1, -0.05) is 25.1 Å². The highest BCUT2D eigenvalue weighted by Crippen LogP contribution is 2.27. The normalized spacial score (nSPS) is 22.4. The Labute approximate surface area is 219 Å². The van der Waals surface area contributed by atoms with Gasteiger partial charge in [0.2, 0.25) is 5.91 Å². The maximum atomic E-state index is 14.3. The molecule has 0 radical (unpaired) electrons. The van der Waals surface area contributed by atoms with E-state index in [2.05, 4.69) is 16.3 Å². The number of amides is 2. The number of rotatable bonds is 8. The van der Waals surface area contributed by atoms with Crippen LogP contribution >= 0.6 is 0 Å². The maximum Gasteiger partial charge on any atom is 0.408 e. The average molecular weight is 518 g/mol. The number of likely N-dealkylation sites (N-methyl/N-ethyl adjacent to an activating group) is 1. The van der Waals surface area contributed by atoms with Crippen molar-refractivity contribution in [2.24, 2.45) is 0 Å². The Balaban J connectivity index is 1.68. The number of hydroxylamine groups is 2. The Hall–Kier alpha value is -2.74. The van der Waals surface area contributed by atoms with E-state index < -0.39 is 23.8 Å². The molecule has 2 heterocycles. The van der Waals surface area contributed by atoms with Gasteiger partial charge < -0.3 is 15.0 Å². The van der Waals surface area contributed by atoms with Crippen LogP contribution in [0.4, 0.5) is 9.18 Å². The fourth-order valence-electron chi connectivity index (χ4n) is 4.94. The van der Waals surface area contributed by atoms with Gasteiger partial charge in [-0.05, 0) is 59.6 Å². The van der Waals surface area contributed by atoms with Crippen molar-refractivity contribution in [3.63, 3.8) is 0 Å². The van der Waals surface area contributed by atoms with E-state index in [1.807, 2.05) is 19.9 Å². The van der Waals surface area contributed by atoms with Gasteiger partial charge in [-0.15, -0.1) is 0 Å². The molecule has 1 N–H and O–H groups in total. The molecule has 10 heteroatoms. The lowest BCUT2D eigenvalue weighted by molar-refractivity contribution is -0.222. The highest BCUT2D eigenvalue weighted by molar-refractivity contribution is 5.86. The lowest BCUT2D eigenvalue weighted by Gasteiger charge is -2.41. The minimum Gasteiger partial charge on any atom is -0.444 e. The van der Waals surface area contributed by atoms with Crippen LogP contribution in [-0.4, -0.2) is 83.4 Å². The number of nitrogens with one attached hydrogen (secondary N) is 1. The fraction of sp³-hybridized carbons (Fsp3) is 0.667. The van der Waals surface area contributed by atoms with Crippen LogP contribution in [0.3, 0.4) is 0 Å². The van der Waals surface area contributed by atoms with Crippen molar-refractivity contribution in [1.82, 2.24) is 20.2 Å². The summed E-state index contributed by atoms with van der Waals surface area (Å²) >= 11 is 0. The molecule has 9 nitrogen and oxygen atoms in total. The Bertz CT molecular complexity index is 970. The summed E-state index contributed by atoms with van der Waals surface area (Å²) in [4.78, 5) is 35.8. The summed E-state index contributed by atoms with van der Waals surface area (Å²) in [7, 11) is 0. The number of carbonyl (C=O) groups is 2. The van der Waals surface area contributed by atoms with E-state index in [-0.39, 0.29) is 30.4 Å². The summed E-state index contributed by atoms with van der Waals surface area (Å²) in [6, 6.07) is 7.31. The van der Waals surface area contributed by atoms with Gasteiger partial charge in [-0.25, -0.2) is 9.18 Å². The lowest BCUT2D eigenvalue weighted by Crippen LogP contribution is -2.58. The quantitative estimate of drug-likeness (QED) is 0.562. The molecule has 2 saturated heterocycles. The summed E-state index contributed by atoms with van der Waals surface area (Å²) in [6.07, 6.45) is 1.47. The lowest BCUT2D eigenvalue weighted by atomic mass is 10.1. The van der Waals surface area contributed by atoms with Crippen LogP contribution in [-0.2, 0) is 14.4 Å². The molecule has 0 aromatic heterocycles. The first kappa shape index (κ1) is 28.8. The summed E-state index contributed by atoms with van der Waals surface area (Å²) < 4.78 is 19.7. The number of hydrogen-bond acceptors (Lipinski definition) is 7. The molecule has 0 aliphatic carbocycles. The van der Waals surface area contributed by atoms with E-state index in [9.17, 15) is 19.2 Å². The van der Waals surface area contributed by atoms with Gasteiger partial charge in [0.1, 0.15) is 23.5 Å². The molecular weight excluding hydrogens is 477 g/mol. The van der Waals surface area contributed by atoms with Crippen molar-refractivity contribution in [1.29, 1.82) is 5.26 Å².